The largest absolute Gasteiger partial charge is 0.384 e. The fraction of sp³-hybridized carbons (Fsp3) is 0.611. The van der Waals surface area contributed by atoms with E-state index in [4.69, 9.17) is 4.74 Å². The smallest absolute Gasteiger partial charge is 0.248 e. The van der Waals surface area contributed by atoms with Crippen LogP contribution in [-0.2, 0) is 20.9 Å². The number of nitrogens with zero attached hydrogens (tertiary/aromatic N) is 3. The van der Waals surface area contributed by atoms with E-state index >= 15 is 0 Å². The highest BCUT2D eigenvalue weighted by Crippen LogP contribution is 2.39. The summed E-state index contributed by atoms with van der Waals surface area (Å²) in [5.41, 5.74) is 0.246. The number of carbonyl (C=O) groups excluding carboxylic acids is 2. The Hall–Kier alpha value is -1.95. The monoisotopic (exact) mass is 331 g/mol. The lowest BCUT2D eigenvalue weighted by Gasteiger charge is -2.44. The molecule has 3 rings (SSSR count). The second kappa shape index (κ2) is 7.30. The lowest BCUT2D eigenvalue weighted by atomic mass is 9.85. The minimum Gasteiger partial charge on any atom is -0.384 e. The highest BCUT2D eigenvalue weighted by atomic mass is 16.5. The molecule has 6 heteroatoms. The van der Waals surface area contributed by atoms with E-state index in [-0.39, 0.29) is 11.8 Å². The summed E-state index contributed by atoms with van der Waals surface area (Å²) in [6.45, 7) is 2.32. The first-order chi connectivity index (χ1) is 11.7. The van der Waals surface area contributed by atoms with Gasteiger partial charge in [-0.15, -0.1) is 0 Å². The van der Waals surface area contributed by atoms with E-state index in [0.29, 0.717) is 26.1 Å². The Labute approximate surface area is 142 Å². The third kappa shape index (κ3) is 3.15. The Bertz CT molecular complexity index is 592. The zero-order valence-electron chi connectivity index (χ0n) is 14.2. The molecule has 0 N–H and O–H groups in total. The van der Waals surface area contributed by atoms with E-state index in [1.807, 2.05) is 28.0 Å². The molecule has 2 aliphatic rings. The maximum absolute atomic E-state index is 13.2. The van der Waals surface area contributed by atoms with Gasteiger partial charge in [-0.3, -0.25) is 14.6 Å². The molecule has 1 spiro atoms. The van der Waals surface area contributed by atoms with Gasteiger partial charge < -0.3 is 14.5 Å². The van der Waals surface area contributed by atoms with Crippen molar-refractivity contribution in [3.8, 4) is 0 Å². The maximum atomic E-state index is 13.2. The van der Waals surface area contributed by atoms with Gasteiger partial charge >= 0.3 is 0 Å². The molecule has 6 nitrogen and oxygen atoms in total. The third-order valence-corrected chi connectivity index (χ3v) is 5.09. The first-order valence-corrected chi connectivity index (χ1v) is 8.66. The zero-order chi connectivity index (χ0) is 17.0. The SMILES string of the molecule is COCCC(=O)N1CCCC12CCCN(Cc1ccccn1)C2=O. The van der Waals surface area contributed by atoms with Gasteiger partial charge in [0.05, 0.1) is 25.3 Å². The van der Waals surface area contributed by atoms with Crippen LogP contribution in [0, 0.1) is 0 Å². The number of aromatic nitrogens is 1. The van der Waals surface area contributed by atoms with Crippen LogP contribution >= 0.6 is 0 Å². The molecule has 1 aromatic rings. The van der Waals surface area contributed by atoms with E-state index in [1.165, 1.54) is 0 Å². The van der Waals surface area contributed by atoms with Crippen molar-refractivity contribution in [1.82, 2.24) is 14.8 Å². The first kappa shape index (κ1) is 16.9. The molecule has 0 aliphatic carbocycles. The maximum Gasteiger partial charge on any atom is 0.248 e. The lowest BCUT2D eigenvalue weighted by molar-refractivity contribution is -0.156. The average Bonchev–Trinajstić information content (AvgIpc) is 3.02. The summed E-state index contributed by atoms with van der Waals surface area (Å²) in [7, 11) is 1.59. The molecule has 3 heterocycles. The number of hydrogen-bond donors (Lipinski definition) is 0. The highest BCUT2D eigenvalue weighted by molar-refractivity contribution is 5.92. The predicted octanol–water partition coefficient (Wildman–Crippen LogP) is 1.60. The van der Waals surface area contributed by atoms with Gasteiger partial charge in [0, 0.05) is 26.4 Å². The van der Waals surface area contributed by atoms with Gasteiger partial charge in [-0.2, -0.15) is 0 Å². The van der Waals surface area contributed by atoms with Crippen LogP contribution in [0.4, 0.5) is 0 Å². The molecule has 1 unspecified atom stereocenters. The Kier molecular flexibility index (Phi) is 5.14. The number of pyridine rings is 1. The van der Waals surface area contributed by atoms with Crippen molar-refractivity contribution in [1.29, 1.82) is 0 Å². The molecule has 24 heavy (non-hydrogen) atoms. The number of amides is 2. The summed E-state index contributed by atoms with van der Waals surface area (Å²) in [5.74, 6) is 0.116. The lowest BCUT2D eigenvalue weighted by Crippen LogP contribution is -2.61. The zero-order valence-corrected chi connectivity index (χ0v) is 14.2. The standard InChI is InChI=1S/C18H25N3O3/c1-24-13-7-16(22)21-12-5-9-18(21)8-4-11-20(17(18)23)14-15-6-2-3-10-19-15/h2-3,6,10H,4-5,7-9,11-14H2,1H3. The minimum absolute atomic E-state index is 0.0300. The van der Waals surface area contributed by atoms with E-state index < -0.39 is 5.54 Å². The van der Waals surface area contributed by atoms with Gasteiger partial charge in [0.1, 0.15) is 5.54 Å². The van der Waals surface area contributed by atoms with Crippen molar-refractivity contribution in [3.05, 3.63) is 30.1 Å². The van der Waals surface area contributed by atoms with Crippen LogP contribution in [0.25, 0.3) is 0 Å². The van der Waals surface area contributed by atoms with E-state index in [9.17, 15) is 9.59 Å². The van der Waals surface area contributed by atoms with Crippen molar-refractivity contribution >= 4 is 11.8 Å². The molecule has 0 bridgehead atoms. The Morgan fingerprint density at radius 1 is 1.29 bits per heavy atom. The summed E-state index contributed by atoms with van der Waals surface area (Å²) in [6, 6.07) is 5.74. The Morgan fingerprint density at radius 3 is 2.79 bits per heavy atom. The third-order valence-electron chi connectivity index (χ3n) is 5.09. The number of hydrogen-bond acceptors (Lipinski definition) is 4. The number of ether oxygens (including phenoxy) is 1. The number of likely N-dealkylation sites (tertiary alicyclic amines) is 2. The van der Waals surface area contributed by atoms with Gasteiger partial charge in [0.15, 0.2) is 0 Å². The molecule has 0 saturated carbocycles. The van der Waals surface area contributed by atoms with Crippen molar-refractivity contribution in [3.63, 3.8) is 0 Å². The quantitative estimate of drug-likeness (QED) is 0.822. The molecule has 0 aromatic carbocycles. The fourth-order valence-corrected chi connectivity index (χ4v) is 3.95. The average molecular weight is 331 g/mol. The second-order valence-electron chi connectivity index (χ2n) is 6.57. The van der Waals surface area contributed by atoms with Crippen molar-refractivity contribution < 1.29 is 14.3 Å². The van der Waals surface area contributed by atoms with E-state index in [0.717, 1.165) is 37.9 Å². The van der Waals surface area contributed by atoms with E-state index in [1.54, 1.807) is 13.3 Å². The first-order valence-electron chi connectivity index (χ1n) is 8.66. The van der Waals surface area contributed by atoms with Crippen LogP contribution < -0.4 is 0 Å². The number of methoxy groups -OCH3 is 1. The molecule has 1 aromatic heterocycles. The number of carbonyl (C=O) groups is 2. The van der Waals surface area contributed by atoms with Crippen molar-refractivity contribution in [2.45, 2.75) is 44.2 Å². The second-order valence-corrected chi connectivity index (χ2v) is 6.57. The van der Waals surface area contributed by atoms with Crippen LogP contribution in [0.15, 0.2) is 24.4 Å². The van der Waals surface area contributed by atoms with Crippen LogP contribution in [0.5, 0.6) is 0 Å². The molecule has 130 valence electrons. The van der Waals surface area contributed by atoms with Crippen LogP contribution in [0.2, 0.25) is 0 Å². The van der Waals surface area contributed by atoms with Crippen LogP contribution in [0.3, 0.4) is 0 Å². The molecule has 2 amide bonds. The topological polar surface area (TPSA) is 62.7 Å². The van der Waals surface area contributed by atoms with Gasteiger partial charge in [-0.25, -0.2) is 0 Å². The summed E-state index contributed by atoms with van der Waals surface area (Å²) < 4.78 is 5.02. The van der Waals surface area contributed by atoms with E-state index in [2.05, 4.69) is 4.98 Å². The molecular formula is C18H25N3O3. The minimum atomic E-state index is -0.641. The Balaban J connectivity index is 1.76. The van der Waals surface area contributed by atoms with Gasteiger partial charge in [-0.1, -0.05) is 6.07 Å². The summed E-state index contributed by atoms with van der Waals surface area (Å²) in [6.07, 6.45) is 5.43. The Morgan fingerprint density at radius 2 is 2.08 bits per heavy atom. The number of rotatable bonds is 5. The fourth-order valence-electron chi connectivity index (χ4n) is 3.95. The van der Waals surface area contributed by atoms with Gasteiger partial charge in [0.25, 0.3) is 0 Å². The van der Waals surface area contributed by atoms with Crippen molar-refractivity contribution in [2.24, 2.45) is 0 Å². The van der Waals surface area contributed by atoms with Crippen LogP contribution in [-0.4, -0.2) is 58.9 Å². The summed E-state index contributed by atoms with van der Waals surface area (Å²) >= 11 is 0. The normalized spacial score (nSPS) is 24.0. The van der Waals surface area contributed by atoms with Gasteiger partial charge in [-0.05, 0) is 37.8 Å². The summed E-state index contributed by atoms with van der Waals surface area (Å²) in [5, 5.41) is 0. The molecule has 0 radical (unpaired) electrons. The highest BCUT2D eigenvalue weighted by Gasteiger charge is 2.52. The molecular weight excluding hydrogens is 306 g/mol. The molecule has 2 saturated heterocycles. The summed E-state index contributed by atoms with van der Waals surface area (Å²) in [4.78, 5) is 33.8. The van der Waals surface area contributed by atoms with Gasteiger partial charge in [0.2, 0.25) is 11.8 Å². The molecule has 1 atom stereocenters. The molecule has 2 aliphatic heterocycles. The predicted molar refractivity (Wildman–Crippen MR) is 89.1 cm³/mol. The molecule has 2 fully saturated rings. The van der Waals surface area contributed by atoms with Crippen LogP contribution in [0.1, 0.15) is 37.8 Å². The number of piperidine rings is 1. The van der Waals surface area contributed by atoms with Crippen molar-refractivity contribution in [2.75, 3.05) is 26.8 Å².